The Hall–Kier alpha value is 1.77. The molecule has 1 aromatic carbocycles. The van der Waals surface area contributed by atoms with Gasteiger partial charge in [-0.2, -0.15) is 8.42 Å². The van der Waals surface area contributed by atoms with E-state index < -0.39 is 10.1 Å². The van der Waals surface area contributed by atoms with Gasteiger partial charge in [-0.3, -0.25) is 4.55 Å². The Bertz CT molecular complexity index is 504. The third-order valence-electron chi connectivity index (χ3n) is 4.04. The first kappa shape index (κ1) is 28.0. The zero-order chi connectivity index (χ0) is 16.3. The summed E-state index contributed by atoms with van der Waals surface area (Å²) in [7, 11) is -4.06. The van der Waals surface area contributed by atoms with E-state index in [0.717, 1.165) is 18.4 Å². The number of rotatable bonds is 12. The van der Waals surface area contributed by atoms with E-state index in [1.807, 2.05) is 0 Å². The van der Waals surface area contributed by atoms with Crippen molar-refractivity contribution in [1.82, 2.24) is 0 Å². The molecular formula is C18H32KNaO3S. The molecule has 0 aliphatic carbocycles. The molecule has 0 amide bonds. The minimum atomic E-state index is -4.06. The van der Waals surface area contributed by atoms with Crippen LogP contribution in [0.2, 0.25) is 0 Å². The fraction of sp³-hybridized carbons (Fsp3) is 0.667. The van der Waals surface area contributed by atoms with Crippen molar-refractivity contribution in [2.45, 2.75) is 82.4 Å². The van der Waals surface area contributed by atoms with Gasteiger partial charge >= 0.3 is 80.9 Å². The van der Waals surface area contributed by atoms with Crippen molar-refractivity contribution >= 4 is 91.1 Å². The molecule has 3 nitrogen and oxygen atoms in total. The maximum atomic E-state index is 10.9. The summed E-state index contributed by atoms with van der Waals surface area (Å²) in [6.45, 7) is 2.25. The molecule has 0 aliphatic heterocycles. The average Bonchev–Trinajstić information content (AvgIpc) is 2.49. The Morgan fingerprint density at radius 3 is 1.62 bits per heavy atom. The summed E-state index contributed by atoms with van der Waals surface area (Å²) in [5.41, 5.74) is 1.13. The molecule has 6 heteroatoms. The third-order valence-corrected chi connectivity index (χ3v) is 4.91. The van der Waals surface area contributed by atoms with Crippen LogP contribution in [-0.2, 0) is 16.5 Å². The molecule has 0 saturated carbocycles. The summed E-state index contributed by atoms with van der Waals surface area (Å²) in [5.74, 6) is 0. The monoisotopic (exact) mass is 390 g/mol. The zero-order valence-electron chi connectivity index (χ0n) is 13.8. The van der Waals surface area contributed by atoms with Crippen molar-refractivity contribution in [2.75, 3.05) is 0 Å². The molecule has 24 heavy (non-hydrogen) atoms. The summed E-state index contributed by atoms with van der Waals surface area (Å²) in [6.07, 6.45) is 14.1. The zero-order valence-corrected chi connectivity index (χ0v) is 14.6. The van der Waals surface area contributed by atoms with Crippen LogP contribution in [0, 0.1) is 0 Å². The standard InChI is InChI=1S/C18H30O3S.K.Na.2H/c1-2-3-4-5-6-7-8-9-10-11-12-17-13-15-18(16-14-17)22(19,20)21;;;;/h13-16H,2-12H2,1H3,(H,19,20,21);;;;. The van der Waals surface area contributed by atoms with Crippen molar-refractivity contribution in [3.8, 4) is 0 Å². The van der Waals surface area contributed by atoms with Crippen molar-refractivity contribution in [3.63, 3.8) is 0 Å². The Kier molecular flexibility index (Phi) is 19.7. The van der Waals surface area contributed by atoms with Gasteiger partial charge in [0.1, 0.15) is 0 Å². The van der Waals surface area contributed by atoms with Crippen molar-refractivity contribution in [1.29, 1.82) is 0 Å². The van der Waals surface area contributed by atoms with E-state index in [1.54, 1.807) is 12.1 Å². The molecular weight excluding hydrogens is 358 g/mol. The van der Waals surface area contributed by atoms with Gasteiger partial charge in [0.2, 0.25) is 0 Å². The van der Waals surface area contributed by atoms with Gasteiger partial charge < -0.3 is 0 Å². The van der Waals surface area contributed by atoms with Crippen LogP contribution >= 0.6 is 0 Å². The molecule has 0 aromatic heterocycles. The van der Waals surface area contributed by atoms with Crippen LogP contribution in [0.15, 0.2) is 29.2 Å². The fourth-order valence-electron chi connectivity index (χ4n) is 2.64. The van der Waals surface area contributed by atoms with E-state index in [9.17, 15) is 8.42 Å². The molecule has 0 fully saturated rings. The molecule has 0 saturated heterocycles. The predicted octanol–water partition coefficient (Wildman–Crippen LogP) is 4.10. The molecule has 1 N–H and O–H groups in total. The Balaban J connectivity index is 0. The second kappa shape index (κ2) is 16.9. The number of unbranched alkanes of at least 4 members (excludes halogenated alkanes) is 9. The maximum absolute atomic E-state index is 10.9. The number of benzene rings is 1. The molecule has 0 radical (unpaired) electrons. The molecule has 0 unspecified atom stereocenters. The van der Waals surface area contributed by atoms with Gasteiger partial charge in [0.05, 0.1) is 4.90 Å². The first-order valence-electron chi connectivity index (χ1n) is 8.60. The molecule has 1 aromatic rings. The van der Waals surface area contributed by atoms with Crippen LogP contribution in [0.4, 0.5) is 0 Å². The van der Waals surface area contributed by atoms with Crippen molar-refractivity contribution in [3.05, 3.63) is 29.8 Å². The van der Waals surface area contributed by atoms with Crippen molar-refractivity contribution in [2.24, 2.45) is 0 Å². The first-order chi connectivity index (χ1) is 10.5. The predicted molar refractivity (Wildman–Crippen MR) is 106 cm³/mol. The SMILES string of the molecule is CCCCCCCCCCCCc1ccc(S(=O)(=O)O)cc1.[KH].[NaH]. The van der Waals surface area contributed by atoms with Crippen LogP contribution < -0.4 is 0 Å². The van der Waals surface area contributed by atoms with Crippen LogP contribution in [0.25, 0.3) is 0 Å². The second-order valence-corrected chi connectivity index (χ2v) is 7.47. The first-order valence-corrected chi connectivity index (χ1v) is 10.0. The number of hydrogen-bond acceptors (Lipinski definition) is 2. The quantitative estimate of drug-likeness (QED) is 0.332. The van der Waals surface area contributed by atoms with Crippen molar-refractivity contribution < 1.29 is 13.0 Å². The van der Waals surface area contributed by atoms with Gasteiger partial charge in [0.15, 0.2) is 0 Å². The van der Waals surface area contributed by atoms with E-state index in [-0.39, 0.29) is 85.8 Å². The third kappa shape index (κ3) is 13.9. The van der Waals surface area contributed by atoms with Gasteiger partial charge in [-0.15, -0.1) is 0 Å². The van der Waals surface area contributed by atoms with Crippen LogP contribution in [0.5, 0.6) is 0 Å². The molecule has 130 valence electrons. The normalized spacial score (nSPS) is 10.8. The van der Waals surface area contributed by atoms with E-state index >= 15 is 0 Å². The molecule has 0 bridgehead atoms. The molecule has 0 aliphatic rings. The summed E-state index contributed by atoms with van der Waals surface area (Å²) in [4.78, 5) is -0.0284. The summed E-state index contributed by atoms with van der Waals surface area (Å²) in [6, 6.07) is 6.52. The Morgan fingerprint density at radius 2 is 1.21 bits per heavy atom. The number of hydrogen-bond donors (Lipinski definition) is 1. The minimum absolute atomic E-state index is 0. The fourth-order valence-corrected chi connectivity index (χ4v) is 3.12. The number of aryl methyl sites for hydroxylation is 1. The molecule has 0 heterocycles. The van der Waals surface area contributed by atoms with Gasteiger partial charge in [-0.25, -0.2) is 0 Å². The molecule has 1 rings (SSSR count). The summed E-state index contributed by atoms with van der Waals surface area (Å²) >= 11 is 0. The Morgan fingerprint density at radius 1 is 0.792 bits per heavy atom. The molecule has 0 spiro atoms. The van der Waals surface area contributed by atoms with E-state index in [0.29, 0.717) is 0 Å². The van der Waals surface area contributed by atoms with Crippen LogP contribution in [-0.4, -0.2) is 93.9 Å². The van der Waals surface area contributed by atoms with Gasteiger partial charge in [0, 0.05) is 0 Å². The van der Waals surface area contributed by atoms with E-state index in [2.05, 4.69) is 6.92 Å². The van der Waals surface area contributed by atoms with E-state index in [4.69, 9.17) is 4.55 Å². The molecule has 0 atom stereocenters. The van der Waals surface area contributed by atoms with Gasteiger partial charge in [-0.1, -0.05) is 76.8 Å². The topological polar surface area (TPSA) is 54.4 Å². The second-order valence-electron chi connectivity index (χ2n) is 6.05. The Labute approximate surface area is 213 Å². The summed E-state index contributed by atoms with van der Waals surface area (Å²) in [5, 5.41) is 0. The van der Waals surface area contributed by atoms with Crippen LogP contribution in [0.1, 0.15) is 76.7 Å². The van der Waals surface area contributed by atoms with Crippen LogP contribution in [0.3, 0.4) is 0 Å². The van der Waals surface area contributed by atoms with Gasteiger partial charge in [0.25, 0.3) is 10.1 Å². The summed E-state index contributed by atoms with van der Waals surface area (Å²) < 4.78 is 30.8. The van der Waals surface area contributed by atoms with Gasteiger partial charge in [-0.05, 0) is 30.5 Å². The average molecular weight is 391 g/mol. The van der Waals surface area contributed by atoms with E-state index in [1.165, 1.54) is 69.9 Å².